The van der Waals surface area contributed by atoms with E-state index in [0.29, 0.717) is 16.6 Å². The van der Waals surface area contributed by atoms with Crippen molar-refractivity contribution in [1.82, 2.24) is 16.2 Å². The van der Waals surface area contributed by atoms with Crippen LogP contribution in [0.25, 0.3) is 0 Å². The van der Waals surface area contributed by atoms with Gasteiger partial charge in [0.15, 0.2) is 5.11 Å². The fraction of sp³-hybridized carbons (Fsp3) is 0.529. The van der Waals surface area contributed by atoms with E-state index in [9.17, 15) is 4.79 Å². The lowest BCUT2D eigenvalue weighted by Gasteiger charge is -2.29. The molecule has 2 unspecified atom stereocenters. The summed E-state index contributed by atoms with van der Waals surface area (Å²) in [6, 6.07) is 7.56. The molecule has 1 aliphatic rings. The van der Waals surface area contributed by atoms with Crippen molar-refractivity contribution >= 4 is 34.9 Å². The van der Waals surface area contributed by atoms with Crippen LogP contribution in [-0.4, -0.2) is 22.3 Å². The average molecular weight is 370 g/mol. The first kappa shape index (κ1) is 19.0. The van der Waals surface area contributed by atoms with Gasteiger partial charge in [0, 0.05) is 5.02 Å². The van der Waals surface area contributed by atoms with Gasteiger partial charge in [0.05, 0.1) is 6.42 Å². The Hall–Kier alpha value is -1.37. The normalized spacial score (nSPS) is 21.8. The van der Waals surface area contributed by atoms with Gasteiger partial charge in [0.2, 0.25) is 0 Å². The van der Waals surface area contributed by atoms with E-state index >= 15 is 0 Å². The van der Waals surface area contributed by atoms with Gasteiger partial charge in [-0.3, -0.25) is 10.2 Å². The Kier molecular flexibility index (Phi) is 5.73. The van der Waals surface area contributed by atoms with Crippen molar-refractivity contribution in [3.05, 3.63) is 34.9 Å². The Morgan fingerprint density at radius 1 is 1.33 bits per heavy atom. The number of carbonyl (C=O) groups is 1. The average Bonchev–Trinajstić information content (AvgIpc) is 2.76. The number of nitrogens with one attached hydrogen (secondary N) is 3. The van der Waals surface area contributed by atoms with Crippen molar-refractivity contribution in [3.8, 4) is 0 Å². The lowest BCUT2D eigenvalue weighted by Crippen LogP contribution is -2.49. The smallest absolute Gasteiger partial charge is 0.306 e. The Balaban J connectivity index is 2.16. The fourth-order valence-corrected chi connectivity index (χ4v) is 3.13. The molecule has 0 aromatic heterocycles. The molecule has 0 spiro atoms. The molecular formula is C17H24ClN3O2S. The molecule has 0 radical (unpaired) electrons. The minimum atomic E-state index is -0.501. The van der Waals surface area contributed by atoms with E-state index in [0.717, 1.165) is 5.56 Å². The van der Waals surface area contributed by atoms with Gasteiger partial charge in [-0.1, -0.05) is 23.7 Å². The minimum absolute atomic E-state index is 0.0372. The van der Waals surface area contributed by atoms with Gasteiger partial charge < -0.3 is 10.1 Å². The first-order valence-electron chi connectivity index (χ1n) is 7.89. The van der Waals surface area contributed by atoms with Crippen molar-refractivity contribution < 1.29 is 9.53 Å². The van der Waals surface area contributed by atoms with E-state index in [1.807, 2.05) is 52.0 Å². The third-order valence-electron chi connectivity index (χ3n) is 3.67. The van der Waals surface area contributed by atoms with E-state index < -0.39 is 11.3 Å². The van der Waals surface area contributed by atoms with Gasteiger partial charge in [0.25, 0.3) is 0 Å². The second-order valence-electron chi connectivity index (χ2n) is 7.28. The van der Waals surface area contributed by atoms with Crippen molar-refractivity contribution in [2.45, 2.75) is 57.7 Å². The van der Waals surface area contributed by atoms with Crippen LogP contribution < -0.4 is 16.2 Å². The molecule has 5 nitrogen and oxygen atoms in total. The number of esters is 1. The zero-order valence-corrected chi connectivity index (χ0v) is 16.0. The fourth-order valence-electron chi connectivity index (χ4n) is 2.73. The van der Waals surface area contributed by atoms with Crippen LogP contribution in [0.1, 0.15) is 52.0 Å². The summed E-state index contributed by atoms with van der Waals surface area (Å²) in [5.41, 5.74) is 6.13. The number of carbonyl (C=O) groups excluding carboxylic acids is 1. The van der Waals surface area contributed by atoms with Crippen molar-refractivity contribution in [2.75, 3.05) is 0 Å². The van der Waals surface area contributed by atoms with Crippen LogP contribution in [0.2, 0.25) is 5.02 Å². The lowest BCUT2D eigenvalue weighted by atomic mass is 9.87. The Labute approximate surface area is 153 Å². The third-order valence-corrected chi connectivity index (χ3v) is 4.13. The zero-order chi connectivity index (χ0) is 18.0. The van der Waals surface area contributed by atoms with Crippen LogP contribution in [0, 0.1) is 0 Å². The van der Waals surface area contributed by atoms with Gasteiger partial charge in [0.1, 0.15) is 11.3 Å². The molecular weight excluding hydrogens is 346 g/mol. The van der Waals surface area contributed by atoms with Gasteiger partial charge in [-0.05, 0) is 69.9 Å². The molecule has 1 saturated heterocycles. The van der Waals surface area contributed by atoms with Gasteiger partial charge in [-0.2, -0.15) is 0 Å². The second-order valence-corrected chi connectivity index (χ2v) is 8.12. The van der Waals surface area contributed by atoms with E-state index in [2.05, 4.69) is 16.2 Å². The quantitative estimate of drug-likeness (QED) is 0.547. The van der Waals surface area contributed by atoms with Crippen LogP contribution in [-0.2, 0) is 9.53 Å². The maximum absolute atomic E-state index is 12.3. The molecule has 2 atom stereocenters. The monoisotopic (exact) mass is 369 g/mol. The second kappa shape index (κ2) is 7.25. The van der Waals surface area contributed by atoms with Gasteiger partial charge in [-0.25, -0.2) is 5.43 Å². The topological polar surface area (TPSA) is 62.4 Å². The number of hydrogen-bond acceptors (Lipinski definition) is 4. The molecule has 132 valence electrons. The molecule has 7 heteroatoms. The highest BCUT2D eigenvalue weighted by atomic mass is 35.5. The predicted octanol–water partition coefficient (Wildman–Crippen LogP) is 3.24. The number of hydrazine groups is 1. The van der Waals surface area contributed by atoms with Gasteiger partial charge in [-0.15, -0.1) is 0 Å². The van der Waals surface area contributed by atoms with Gasteiger partial charge >= 0.3 is 5.97 Å². The van der Waals surface area contributed by atoms with Crippen LogP contribution in [0.4, 0.5) is 0 Å². The van der Waals surface area contributed by atoms with Crippen molar-refractivity contribution in [2.24, 2.45) is 0 Å². The molecule has 1 aromatic carbocycles. The van der Waals surface area contributed by atoms with Crippen molar-refractivity contribution in [1.29, 1.82) is 0 Å². The third kappa shape index (κ3) is 5.61. The van der Waals surface area contributed by atoms with E-state index in [-0.39, 0.29) is 18.3 Å². The molecule has 1 aromatic rings. The maximum atomic E-state index is 12.3. The number of rotatable bonds is 5. The van der Waals surface area contributed by atoms with Crippen LogP contribution in [0.5, 0.6) is 0 Å². The number of ether oxygens (including phenoxy) is 1. The minimum Gasteiger partial charge on any atom is -0.460 e. The summed E-state index contributed by atoms with van der Waals surface area (Å²) in [6.45, 7) is 7.60. The Morgan fingerprint density at radius 2 is 1.96 bits per heavy atom. The summed E-state index contributed by atoms with van der Waals surface area (Å²) >= 11 is 11.1. The molecule has 0 bridgehead atoms. The maximum Gasteiger partial charge on any atom is 0.306 e. The Morgan fingerprint density at radius 3 is 2.46 bits per heavy atom. The van der Waals surface area contributed by atoms with Crippen LogP contribution in [0.3, 0.4) is 0 Å². The molecule has 2 rings (SSSR count). The number of hydrogen-bond donors (Lipinski definition) is 3. The SMILES string of the molecule is CC1(CC(CC(=O)OC(C)(C)C)c2ccc(Cl)cc2)NNC(=S)N1. The predicted molar refractivity (Wildman–Crippen MR) is 99.7 cm³/mol. The highest BCUT2D eigenvalue weighted by molar-refractivity contribution is 7.80. The first-order chi connectivity index (χ1) is 11.1. The molecule has 0 amide bonds. The van der Waals surface area contributed by atoms with Crippen LogP contribution >= 0.6 is 23.8 Å². The number of thiocarbonyl (C=S) groups is 1. The lowest BCUT2D eigenvalue weighted by molar-refractivity contribution is -0.155. The zero-order valence-electron chi connectivity index (χ0n) is 14.4. The molecule has 1 heterocycles. The summed E-state index contributed by atoms with van der Waals surface area (Å²) in [6.07, 6.45) is 0.936. The summed E-state index contributed by atoms with van der Waals surface area (Å²) < 4.78 is 5.48. The molecule has 1 aliphatic heterocycles. The van der Waals surface area contributed by atoms with E-state index in [1.165, 1.54) is 0 Å². The standard InChI is InChI=1S/C17H24ClN3O2S/c1-16(2,3)23-14(22)9-12(11-5-7-13(18)8-6-11)10-17(4)19-15(24)20-21-17/h5-8,12,21H,9-10H2,1-4H3,(H2,19,20,24). The van der Waals surface area contributed by atoms with E-state index in [4.69, 9.17) is 28.6 Å². The molecule has 1 fully saturated rings. The highest BCUT2D eigenvalue weighted by Gasteiger charge is 2.35. The molecule has 24 heavy (non-hydrogen) atoms. The molecule has 3 N–H and O–H groups in total. The summed E-state index contributed by atoms with van der Waals surface area (Å²) in [4.78, 5) is 12.3. The summed E-state index contributed by atoms with van der Waals surface area (Å²) in [5.74, 6) is -0.260. The van der Waals surface area contributed by atoms with E-state index in [1.54, 1.807) is 0 Å². The Bertz CT molecular complexity index is 615. The number of halogens is 1. The first-order valence-corrected chi connectivity index (χ1v) is 8.68. The largest absolute Gasteiger partial charge is 0.460 e. The highest BCUT2D eigenvalue weighted by Crippen LogP contribution is 2.31. The molecule has 0 saturated carbocycles. The van der Waals surface area contributed by atoms with Crippen molar-refractivity contribution in [3.63, 3.8) is 0 Å². The molecule has 0 aliphatic carbocycles. The summed E-state index contributed by atoms with van der Waals surface area (Å²) in [7, 11) is 0. The summed E-state index contributed by atoms with van der Waals surface area (Å²) in [5, 5.41) is 4.41. The number of benzene rings is 1. The van der Waals surface area contributed by atoms with Crippen LogP contribution in [0.15, 0.2) is 24.3 Å².